The Labute approximate surface area is 87.1 Å². The highest BCUT2D eigenvalue weighted by Crippen LogP contribution is 2.26. The van der Waals surface area contributed by atoms with E-state index in [9.17, 15) is 15.2 Å². The van der Waals surface area contributed by atoms with Crippen LogP contribution in [0.3, 0.4) is 0 Å². The molecule has 0 unspecified atom stereocenters. The van der Waals surface area contributed by atoms with Crippen molar-refractivity contribution in [1.82, 2.24) is 0 Å². The maximum Gasteiger partial charge on any atom is 0.310 e. The highest BCUT2D eigenvalue weighted by atomic mass is 32.1. The van der Waals surface area contributed by atoms with Gasteiger partial charge >= 0.3 is 5.69 Å². The standard InChI is InChI=1S/C9H11NO3S/c11-9-4-3-7(2-1-5-14)6-8(9)10(12)13/h3-4,6,11,14H,1-2,5H2. The molecule has 0 aromatic heterocycles. The van der Waals surface area contributed by atoms with Gasteiger partial charge in [0, 0.05) is 6.07 Å². The predicted octanol–water partition coefficient (Wildman–Crippen LogP) is 2.16. The molecule has 1 N–H and O–H groups in total. The van der Waals surface area contributed by atoms with Gasteiger partial charge < -0.3 is 5.11 Å². The summed E-state index contributed by atoms with van der Waals surface area (Å²) in [5, 5.41) is 19.7. The van der Waals surface area contributed by atoms with Crippen LogP contribution in [0.5, 0.6) is 5.75 Å². The molecule has 4 nitrogen and oxygen atoms in total. The van der Waals surface area contributed by atoms with E-state index < -0.39 is 4.92 Å². The molecular weight excluding hydrogens is 202 g/mol. The third kappa shape index (κ3) is 2.63. The van der Waals surface area contributed by atoms with E-state index >= 15 is 0 Å². The molecule has 0 spiro atoms. The summed E-state index contributed by atoms with van der Waals surface area (Å²) in [7, 11) is 0. The number of benzene rings is 1. The molecule has 0 aliphatic rings. The van der Waals surface area contributed by atoms with E-state index in [4.69, 9.17) is 0 Å². The molecule has 1 rings (SSSR count). The normalized spacial score (nSPS) is 10.1. The molecular formula is C9H11NO3S. The zero-order chi connectivity index (χ0) is 10.6. The molecule has 0 amide bonds. The second-order valence-electron chi connectivity index (χ2n) is 2.91. The van der Waals surface area contributed by atoms with Crippen LogP contribution >= 0.6 is 12.6 Å². The number of aryl methyl sites for hydroxylation is 1. The zero-order valence-corrected chi connectivity index (χ0v) is 8.41. The number of nitro groups is 1. The smallest absolute Gasteiger partial charge is 0.310 e. The molecule has 0 radical (unpaired) electrons. The fourth-order valence-corrected chi connectivity index (χ4v) is 1.31. The Morgan fingerprint density at radius 2 is 2.21 bits per heavy atom. The van der Waals surface area contributed by atoms with Gasteiger partial charge in [0.15, 0.2) is 5.75 Å². The van der Waals surface area contributed by atoms with Crippen molar-refractivity contribution < 1.29 is 10.0 Å². The lowest BCUT2D eigenvalue weighted by atomic mass is 10.1. The average molecular weight is 213 g/mol. The van der Waals surface area contributed by atoms with Crippen molar-refractivity contribution in [3.63, 3.8) is 0 Å². The van der Waals surface area contributed by atoms with E-state index in [2.05, 4.69) is 12.6 Å². The topological polar surface area (TPSA) is 63.4 Å². The maximum absolute atomic E-state index is 10.5. The molecule has 1 aromatic rings. The first kappa shape index (κ1) is 10.8. The SMILES string of the molecule is O=[N+]([O-])c1cc(CCCS)ccc1O. The number of hydrogen-bond acceptors (Lipinski definition) is 4. The van der Waals surface area contributed by atoms with Crippen LogP contribution in [0.15, 0.2) is 18.2 Å². The molecule has 0 bridgehead atoms. The Hall–Kier alpha value is -1.23. The van der Waals surface area contributed by atoms with Crippen LogP contribution in [0.1, 0.15) is 12.0 Å². The number of nitro benzene ring substituents is 1. The quantitative estimate of drug-likeness (QED) is 0.457. The summed E-state index contributed by atoms with van der Waals surface area (Å²) in [4.78, 5) is 9.89. The zero-order valence-electron chi connectivity index (χ0n) is 7.51. The number of hydrogen-bond donors (Lipinski definition) is 2. The number of phenolic OH excluding ortho intramolecular Hbond substituents is 1. The largest absolute Gasteiger partial charge is 0.502 e. The van der Waals surface area contributed by atoms with Gasteiger partial charge in [-0.15, -0.1) is 0 Å². The summed E-state index contributed by atoms with van der Waals surface area (Å²) in [5.74, 6) is 0.457. The van der Waals surface area contributed by atoms with Gasteiger partial charge in [0.05, 0.1) is 4.92 Å². The molecule has 0 saturated carbocycles. The third-order valence-corrected chi connectivity index (χ3v) is 2.18. The van der Waals surface area contributed by atoms with E-state index in [1.807, 2.05) is 0 Å². The monoisotopic (exact) mass is 213 g/mol. The van der Waals surface area contributed by atoms with E-state index in [0.717, 1.165) is 24.2 Å². The number of rotatable bonds is 4. The van der Waals surface area contributed by atoms with Gasteiger partial charge in [0.25, 0.3) is 0 Å². The van der Waals surface area contributed by atoms with Crippen LogP contribution in [0.2, 0.25) is 0 Å². The highest BCUT2D eigenvalue weighted by Gasteiger charge is 2.12. The second kappa shape index (κ2) is 4.85. The van der Waals surface area contributed by atoms with Crippen molar-refractivity contribution in [2.45, 2.75) is 12.8 Å². The van der Waals surface area contributed by atoms with Crippen molar-refractivity contribution in [2.24, 2.45) is 0 Å². The molecule has 14 heavy (non-hydrogen) atoms. The summed E-state index contributed by atoms with van der Waals surface area (Å²) in [5.41, 5.74) is 0.616. The number of nitrogens with zero attached hydrogens (tertiary/aromatic N) is 1. The lowest BCUT2D eigenvalue weighted by molar-refractivity contribution is -0.385. The first-order valence-electron chi connectivity index (χ1n) is 4.22. The Kier molecular flexibility index (Phi) is 3.76. The summed E-state index contributed by atoms with van der Waals surface area (Å²) in [6.07, 6.45) is 1.61. The second-order valence-corrected chi connectivity index (χ2v) is 3.35. The van der Waals surface area contributed by atoms with Gasteiger partial charge in [-0.25, -0.2) is 0 Å². The number of aromatic hydroxyl groups is 1. The van der Waals surface area contributed by atoms with Crippen molar-refractivity contribution in [1.29, 1.82) is 0 Å². The van der Waals surface area contributed by atoms with Crippen molar-refractivity contribution in [3.8, 4) is 5.75 Å². The minimum absolute atomic E-state index is 0.235. The van der Waals surface area contributed by atoms with Crippen LogP contribution in [-0.4, -0.2) is 15.8 Å². The minimum Gasteiger partial charge on any atom is -0.502 e. The first-order chi connectivity index (χ1) is 6.65. The fourth-order valence-electron chi connectivity index (χ4n) is 1.15. The Bertz CT molecular complexity index is 341. The van der Waals surface area contributed by atoms with Crippen LogP contribution in [0, 0.1) is 10.1 Å². The maximum atomic E-state index is 10.5. The van der Waals surface area contributed by atoms with Crippen molar-refractivity contribution in [2.75, 3.05) is 5.75 Å². The molecule has 76 valence electrons. The van der Waals surface area contributed by atoms with E-state index in [1.165, 1.54) is 12.1 Å². The van der Waals surface area contributed by atoms with Crippen LogP contribution in [0.25, 0.3) is 0 Å². The van der Waals surface area contributed by atoms with Crippen molar-refractivity contribution in [3.05, 3.63) is 33.9 Å². The number of thiol groups is 1. The van der Waals surface area contributed by atoms with Gasteiger partial charge in [-0.2, -0.15) is 12.6 Å². The van der Waals surface area contributed by atoms with E-state index in [-0.39, 0.29) is 11.4 Å². The lowest BCUT2D eigenvalue weighted by Gasteiger charge is -2.00. The van der Waals surface area contributed by atoms with Gasteiger partial charge in [0.2, 0.25) is 0 Å². The van der Waals surface area contributed by atoms with Crippen LogP contribution in [-0.2, 0) is 6.42 Å². The average Bonchev–Trinajstić information content (AvgIpc) is 2.16. The molecule has 0 fully saturated rings. The van der Waals surface area contributed by atoms with Gasteiger partial charge in [-0.05, 0) is 30.2 Å². The minimum atomic E-state index is -0.584. The first-order valence-corrected chi connectivity index (χ1v) is 4.85. The summed E-state index contributed by atoms with van der Waals surface area (Å²) in [6.45, 7) is 0. The van der Waals surface area contributed by atoms with Gasteiger partial charge in [-0.3, -0.25) is 10.1 Å². The third-order valence-electron chi connectivity index (χ3n) is 1.86. The molecule has 0 heterocycles. The summed E-state index contributed by atoms with van der Waals surface area (Å²) >= 11 is 4.05. The summed E-state index contributed by atoms with van der Waals surface area (Å²) < 4.78 is 0. The van der Waals surface area contributed by atoms with Crippen LogP contribution < -0.4 is 0 Å². The molecule has 0 atom stereocenters. The molecule has 0 aliphatic carbocycles. The Morgan fingerprint density at radius 3 is 2.79 bits per heavy atom. The Balaban J connectivity index is 2.89. The molecule has 5 heteroatoms. The fraction of sp³-hybridized carbons (Fsp3) is 0.333. The molecule has 1 aromatic carbocycles. The van der Waals surface area contributed by atoms with Gasteiger partial charge in [0.1, 0.15) is 0 Å². The molecule has 0 aliphatic heterocycles. The Morgan fingerprint density at radius 1 is 1.50 bits per heavy atom. The lowest BCUT2D eigenvalue weighted by Crippen LogP contribution is -1.92. The summed E-state index contributed by atoms with van der Waals surface area (Å²) in [6, 6.07) is 4.44. The van der Waals surface area contributed by atoms with Crippen LogP contribution in [0.4, 0.5) is 5.69 Å². The predicted molar refractivity (Wildman–Crippen MR) is 56.9 cm³/mol. The van der Waals surface area contributed by atoms with E-state index in [0.29, 0.717) is 0 Å². The van der Waals surface area contributed by atoms with Gasteiger partial charge in [-0.1, -0.05) is 6.07 Å². The highest BCUT2D eigenvalue weighted by molar-refractivity contribution is 7.80. The number of phenols is 1. The molecule has 0 saturated heterocycles. The van der Waals surface area contributed by atoms with E-state index in [1.54, 1.807) is 6.07 Å². The van der Waals surface area contributed by atoms with Crippen molar-refractivity contribution >= 4 is 18.3 Å².